The minimum atomic E-state index is -0.448. The predicted octanol–water partition coefficient (Wildman–Crippen LogP) is 3.11. The zero-order valence-corrected chi connectivity index (χ0v) is 12.0. The van der Waals surface area contributed by atoms with E-state index in [-0.39, 0.29) is 17.3 Å². The molecule has 1 atom stereocenters. The number of hydrogen-bond donors (Lipinski definition) is 1. The van der Waals surface area contributed by atoms with E-state index in [2.05, 4.69) is 24.1 Å². The number of nitro groups is 1. The molecule has 0 aliphatic carbocycles. The van der Waals surface area contributed by atoms with Crippen molar-refractivity contribution in [2.24, 2.45) is 0 Å². The highest BCUT2D eigenvalue weighted by Gasteiger charge is 2.29. The van der Waals surface area contributed by atoms with Gasteiger partial charge >= 0.3 is 0 Å². The SMILES string of the molecule is CC1(C)CC(Nc2nc3ccc([N+](=O)[O-])cc3o2)CCO1. The van der Waals surface area contributed by atoms with Gasteiger partial charge in [-0.05, 0) is 32.8 Å². The van der Waals surface area contributed by atoms with Crippen molar-refractivity contribution >= 4 is 22.8 Å². The molecule has 1 saturated heterocycles. The largest absolute Gasteiger partial charge is 0.423 e. The number of ether oxygens (including phenoxy) is 1. The summed E-state index contributed by atoms with van der Waals surface area (Å²) in [4.78, 5) is 14.6. The molecule has 1 aromatic carbocycles. The number of rotatable bonds is 3. The van der Waals surface area contributed by atoms with Crippen LogP contribution in [0.15, 0.2) is 22.6 Å². The van der Waals surface area contributed by atoms with Crippen LogP contribution in [0, 0.1) is 10.1 Å². The molecule has 0 amide bonds. The molecule has 1 aliphatic heterocycles. The van der Waals surface area contributed by atoms with E-state index >= 15 is 0 Å². The van der Waals surface area contributed by atoms with Crippen LogP contribution in [0.2, 0.25) is 0 Å². The number of nitro benzene ring substituents is 1. The second-order valence-corrected chi connectivity index (χ2v) is 5.87. The third-order valence-electron chi connectivity index (χ3n) is 3.61. The molecule has 21 heavy (non-hydrogen) atoms. The van der Waals surface area contributed by atoms with Crippen LogP contribution in [0.4, 0.5) is 11.7 Å². The number of fused-ring (bicyclic) bond motifs is 1. The number of non-ortho nitro benzene ring substituents is 1. The van der Waals surface area contributed by atoms with E-state index in [0.29, 0.717) is 23.7 Å². The van der Waals surface area contributed by atoms with Gasteiger partial charge in [-0.2, -0.15) is 4.98 Å². The second kappa shape index (κ2) is 5.00. The van der Waals surface area contributed by atoms with Crippen LogP contribution in [0.5, 0.6) is 0 Å². The normalized spacial score (nSPS) is 21.3. The Bertz CT molecular complexity index is 680. The predicted molar refractivity (Wildman–Crippen MR) is 77.3 cm³/mol. The van der Waals surface area contributed by atoms with Gasteiger partial charge in [0.1, 0.15) is 5.52 Å². The summed E-state index contributed by atoms with van der Waals surface area (Å²) in [5.41, 5.74) is 0.852. The number of nitrogens with zero attached hydrogens (tertiary/aromatic N) is 2. The highest BCUT2D eigenvalue weighted by Crippen LogP contribution is 2.28. The van der Waals surface area contributed by atoms with Gasteiger partial charge in [0.2, 0.25) is 0 Å². The average molecular weight is 291 g/mol. The van der Waals surface area contributed by atoms with Gasteiger partial charge in [-0.25, -0.2) is 0 Å². The molecule has 1 aromatic heterocycles. The van der Waals surface area contributed by atoms with Crippen molar-refractivity contribution in [2.45, 2.75) is 38.3 Å². The summed E-state index contributed by atoms with van der Waals surface area (Å²) in [6, 6.07) is 5.02. The molecule has 1 fully saturated rings. The van der Waals surface area contributed by atoms with Crippen molar-refractivity contribution in [3.63, 3.8) is 0 Å². The molecular formula is C14H17N3O4. The Morgan fingerprint density at radius 1 is 1.48 bits per heavy atom. The highest BCUT2D eigenvalue weighted by molar-refractivity contribution is 5.77. The van der Waals surface area contributed by atoms with Gasteiger partial charge in [-0.1, -0.05) is 0 Å². The van der Waals surface area contributed by atoms with Crippen molar-refractivity contribution in [1.29, 1.82) is 0 Å². The van der Waals surface area contributed by atoms with E-state index in [9.17, 15) is 10.1 Å². The lowest BCUT2D eigenvalue weighted by molar-refractivity contribution is -0.384. The number of hydrogen-bond acceptors (Lipinski definition) is 6. The minimum Gasteiger partial charge on any atom is -0.423 e. The van der Waals surface area contributed by atoms with Crippen LogP contribution in [-0.2, 0) is 4.74 Å². The van der Waals surface area contributed by atoms with Crippen molar-refractivity contribution in [3.05, 3.63) is 28.3 Å². The molecule has 0 bridgehead atoms. The van der Waals surface area contributed by atoms with Crippen LogP contribution >= 0.6 is 0 Å². The quantitative estimate of drug-likeness (QED) is 0.690. The Labute approximate surface area is 121 Å². The maximum absolute atomic E-state index is 10.8. The third-order valence-corrected chi connectivity index (χ3v) is 3.61. The van der Waals surface area contributed by atoms with E-state index in [0.717, 1.165) is 12.8 Å². The van der Waals surface area contributed by atoms with E-state index in [1.807, 2.05) is 0 Å². The number of oxazole rings is 1. The first-order chi connectivity index (χ1) is 9.93. The summed E-state index contributed by atoms with van der Waals surface area (Å²) < 4.78 is 11.2. The van der Waals surface area contributed by atoms with Crippen molar-refractivity contribution < 1.29 is 14.1 Å². The minimum absolute atomic E-state index is 0.00241. The van der Waals surface area contributed by atoms with Crippen molar-refractivity contribution in [3.8, 4) is 0 Å². The molecule has 0 spiro atoms. The first kappa shape index (κ1) is 13.8. The van der Waals surface area contributed by atoms with Crippen LogP contribution in [0.25, 0.3) is 11.1 Å². The fourth-order valence-electron chi connectivity index (χ4n) is 2.62. The molecule has 2 heterocycles. The topological polar surface area (TPSA) is 90.4 Å². The molecule has 3 rings (SSSR count). The lowest BCUT2D eigenvalue weighted by atomic mass is 9.94. The maximum Gasteiger partial charge on any atom is 0.295 e. The molecule has 0 radical (unpaired) electrons. The molecule has 7 heteroatoms. The third kappa shape index (κ3) is 2.97. The molecule has 0 saturated carbocycles. The number of aromatic nitrogens is 1. The Balaban J connectivity index is 1.80. The maximum atomic E-state index is 10.8. The van der Waals surface area contributed by atoms with Gasteiger partial charge in [0.05, 0.1) is 16.6 Å². The van der Waals surface area contributed by atoms with Gasteiger partial charge < -0.3 is 14.5 Å². The number of anilines is 1. The number of nitrogens with one attached hydrogen (secondary N) is 1. The Hall–Kier alpha value is -2.15. The van der Waals surface area contributed by atoms with Crippen LogP contribution in [0.3, 0.4) is 0 Å². The average Bonchev–Trinajstić information content (AvgIpc) is 2.78. The number of benzene rings is 1. The zero-order valence-electron chi connectivity index (χ0n) is 12.0. The van der Waals surface area contributed by atoms with E-state index in [1.54, 1.807) is 6.07 Å². The molecule has 2 aromatic rings. The molecule has 7 nitrogen and oxygen atoms in total. The fraction of sp³-hybridized carbons (Fsp3) is 0.500. The fourth-order valence-corrected chi connectivity index (χ4v) is 2.62. The lowest BCUT2D eigenvalue weighted by Crippen LogP contribution is -2.40. The van der Waals surface area contributed by atoms with Crippen LogP contribution in [-0.4, -0.2) is 28.2 Å². The Kier molecular flexibility index (Phi) is 3.29. The lowest BCUT2D eigenvalue weighted by Gasteiger charge is -2.35. The van der Waals surface area contributed by atoms with Crippen molar-refractivity contribution in [2.75, 3.05) is 11.9 Å². The van der Waals surface area contributed by atoms with Gasteiger partial charge in [0.25, 0.3) is 11.7 Å². The molecular weight excluding hydrogens is 274 g/mol. The first-order valence-electron chi connectivity index (χ1n) is 6.88. The Morgan fingerprint density at radius 3 is 3.00 bits per heavy atom. The van der Waals surface area contributed by atoms with Crippen LogP contribution < -0.4 is 5.32 Å². The smallest absolute Gasteiger partial charge is 0.295 e. The van der Waals surface area contributed by atoms with Gasteiger partial charge in [-0.15, -0.1) is 0 Å². The van der Waals surface area contributed by atoms with Gasteiger partial charge in [0, 0.05) is 18.7 Å². The van der Waals surface area contributed by atoms with E-state index in [4.69, 9.17) is 9.15 Å². The summed E-state index contributed by atoms with van der Waals surface area (Å²) in [7, 11) is 0. The van der Waals surface area contributed by atoms with Gasteiger partial charge in [-0.3, -0.25) is 10.1 Å². The molecule has 1 unspecified atom stereocenters. The van der Waals surface area contributed by atoms with Crippen LogP contribution in [0.1, 0.15) is 26.7 Å². The summed E-state index contributed by atoms with van der Waals surface area (Å²) >= 11 is 0. The highest BCUT2D eigenvalue weighted by atomic mass is 16.6. The first-order valence-corrected chi connectivity index (χ1v) is 6.88. The summed E-state index contributed by atoms with van der Waals surface area (Å²) in [5, 5.41) is 14.0. The summed E-state index contributed by atoms with van der Waals surface area (Å²) in [5.74, 6) is 0. The van der Waals surface area contributed by atoms with Crippen molar-refractivity contribution in [1.82, 2.24) is 4.98 Å². The van der Waals surface area contributed by atoms with E-state index in [1.165, 1.54) is 12.1 Å². The Morgan fingerprint density at radius 2 is 2.29 bits per heavy atom. The second-order valence-electron chi connectivity index (χ2n) is 5.87. The standard InChI is InChI=1S/C14H17N3O4/c1-14(2)8-9(5-6-20-14)15-13-16-11-4-3-10(17(18)19)7-12(11)21-13/h3-4,7,9H,5-6,8H2,1-2H3,(H,15,16). The molecule has 112 valence electrons. The monoisotopic (exact) mass is 291 g/mol. The molecule has 1 aliphatic rings. The zero-order chi connectivity index (χ0) is 15.0. The summed E-state index contributed by atoms with van der Waals surface area (Å²) in [6.45, 7) is 4.79. The summed E-state index contributed by atoms with van der Waals surface area (Å²) in [6.07, 6.45) is 1.73. The molecule has 1 N–H and O–H groups in total. The van der Waals surface area contributed by atoms with E-state index < -0.39 is 4.92 Å². The van der Waals surface area contributed by atoms with Gasteiger partial charge in [0.15, 0.2) is 5.58 Å².